The van der Waals surface area contributed by atoms with Crippen molar-refractivity contribution in [3.8, 4) is 5.75 Å². The molecule has 0 saturated heterocycles. The summed E-state index contributed by atoms with van der Waals surface area (Å²) in [4.78, 5) is 25.3. The summed E-state index contributed by atoms with van der Waals surface area (Å²) in [5, 5.41) is 21.9. The topological polar surface area (TPSA) is 108 Å². The van der Waals surface area contributed by atoms with E-state index in [9.17, 15) is 20.2 Å². The summed E-state index contributed by atoms with van der Waals surface area (Å²) in [5.41, 5.74) is 1.23. The highest BCUT2D eigenvalue weighted by Crippen LogP contribution is 2.21. The Morgan fingerprint density at radius 2 is 1.50 bits per heavy atom. The van der Waals surface area contributed by atoms with Gasteiger partial charge in [0.1, 0.15) is 5.75 Å². The Labute approximate surface area is 160 Å². The van der Waals surface area contributed by atoms with E-state index >= 15 is 0 Å². The number of non-ortho nitro benzene ring substituents is 2. The van der Waals surface area contributed by atoms with E-state index in [2.05, 4.69) is 4.99 Å². The summed E-state index contributed by atoms with van der Waals surface area (Å²) in [6, 6.07) is 21.0. The molecule has 28 heavy (non-hydrogen) atoms. The van der Waals surface area contributed by atoms with Crippen LogP contribution in [-0.4, -0.2) is 15.7 Å². The highest BCUT2D eigenvalue weighted by Gasteiger charge is 2.13. The van der Waals surface area contributed by atoms with Crippen LogP contribution in [0.25, 0.3) is 0 Å². The van der Waals surface area contributed by atoms with Gasteiger partial charge in [0.2, 0.25) is 5.90 Å². The molecule has 0 aromatic heterocycles. The maximum atomic E-state index is 11.1. The number of ether oxygens (including phenoxy) is 1. The quantitative estimate of drug-likeness (QED) is 0.271. The van der Waals surface area contributed by atoms with Crippen LogP contribution in [0.4, 0.5) is 11.4 Å². The number of benzene rings is 3. The van der Waals surface area contributed by atoms with Gasteiger partial charge in [0.05, 0.1) is 16.4 Å². The van der Waals surface area contributed by atoms with E-state index in [0.717, 1.165) is 5.56 Å². The van der Waals surface area contributed by atoms with E-state index in [1.807, 2.05) is 30.3 Å². The van der Waals surface area contributed by atoms with Crippen molar-refractivity contribution in [1.82, 2.24) is 0 Å². The lowest BCUT2D eigenvalue weighted by Crippen LogP contribution is -2.11. The van der Waals surface area contributed by atoms with Crippen LogP contribution in [-0.2, 0) is 6.54 Å². The fourth-order valence-corrected chi connectivity index (χ4v) is 2.43. The third-order valence-electron chi connectivity index (χ3n) is 3.81. The number of nitro benzene ring substituents is 2. The fraction of sp³-hybridized carbons (Fsp3) is 0.0500. The summed E-state index contributed by atoms with van der Waals surface area (Å²) in [5.74, 6) is 0.519. The molecule has 0 atom stereocenters. The van der Waals surface area contributed by atoms with Gasteiger partial charge in [0, 0.05) is 29.8 Å². The van der Waals surface area contributed by atoms with Gasteiger partial charge in [-0.25, -0.2) is 4.99 Å². The van der Waals surface area contributed by atoms with Gasteiger partial charge in [-0.15, -0.1) is 0 Å². The SMILES string of the molecule is O=[N+]([O-])c1ccc(OC(=NCc2ccccc2)c2cccc([N+](=O)[O-])c2)cc1. The summed E-state index contributed by atoms with van der Waals surface area (Å²) < 4.78 is 5.80. The Hall–Kier alpha value is -4.07. The van der Waals surface area contributed by atoms with E-state index in [0.29, 0.717) is 17.9 Å². The normalized spacial score (nSPS) is 11.1. The van der Waals surface area contributed by atoms with Gasteiger partial charge < -0.3 is 4.74 Å². The Balaban J connectivity index is 1.92. The Morgan fingerprint density at radius 3 is 2.14 bits per heavy atom. The lowest BCUT2D eigenvalue weighted by molar-refractivity contribution is -0.385. The number of rotatable bonds is 6. The Kier molecular flexibility index (Phi) is 5.71. The van der Waals surface area contributed by atoms with Gasteiger partial charge in [-0.05, 0) is 23.8 Å². The maximum absolute atomic E-state index is 11.1. The molecule has 0 N–H and O–H groups in total. The van der Waals surface area contributed by atoms with E-state index in [1.165, 1.54) is 36.4 Å². The molecule has 8 nitrogen and oxygen atoms in total. The van der Waals surface area contributed by atoms with Crippen molar-refractivity contribution in [3.63, 3.8) is 0 Å². The average Bonchev–Trinajstić information content (AvgIpc) is 2.72. The molecular formula is C20H15N3O5. The van der Waals surface area contributed by atoms with E-state index in [-0.39, 0.29) is 17.3 Å². The summed E-state index contributed by atoms with van der Waals surface area (Å²) in [7, 11) is 0. The minimum Gasteiger partial charge on any atom is -0.439 e. The molecular weight excluding hydrogens is 362 g/mol. The summed E-state index contributed by atoms with van der Waals surface area (Å²) >= 11 is 0. The molecule has 0 spiro atoms. The minimum absolute atomic E-state index is 0.0644. The van der Waals surface area contributed by atoms with Crippen molar-refractivity contribution >= 4 is 17.3 Å². The highest BCUT2D eigenvalue weighted by atomic mass is 16.6. The van der Waals surface area contributed by atoms with Gasteiger partial charge in [-0.2, -0.15) is 0 Å². The largest absolute Gasteiger partial charge is 0.439 e. The zero-order valence-electron chi connectivity index (χ0n) is 14.6. The molecule has 8 heteroatoms. The second-order valence-electron chi connectivity index (χ2n) is 5.77. The first-order chi connectivity index (χ1) is 13.5. The number of nitro groups is 2. The maximum Gasteiger partial charge on any atom is 0.270 e. The van der Waals surface area contributed by atoms with Crippen LogP contribution in [0.15, 0.2) is 83.9 Å². The monoisotopic (exact) mass is 377 g/mol. The Morgan fingerprint density at radius 1 is 0.821 bits per heavy atom. The van der Waals surface area contributed by atoms with Gasteiger partial charge in [0.15, 0.2) is 0 Å². The molecule has 0 unspecified atom stereocenters. The van der Waals surface area contributed by atoms with Crippen molar-refractivity contribution in [2.24, 2.45) is 4.99 Å². The molecule has 0 aliphatic carbocycles. The van der Waals surface area contributed by atoms with Crippen LogP contribution in [0.1, 0.15) is 11.1 Å². The fourth-order valence-electron chi connectivity index (χ4n) is 2.43. The van der Waals surface area contributed by atoms with Crippen LogP contribution in [0.5, 0.6) is 5.75 Å². The van der Waals surface area contributed by atoms with Crippen molar-refractivity contribution in [3.05, 3.63) is 110 Å². The molecule has 0 saturated carbocycles. The van der Waals surface area contributed by atoms with E-state index < -0.39 is 9.85 Å². The van der Waals surface area contributed by atoms with Gasteiger partial charge in [-0.3, -0.25) is 20.2 Å². The molecule has 0 heterocycles. The molecule has 0 aliphatic heterocycles. The highest BCUT2D eigenvalue weighted by molar-refractivity contribution is 5.96. The van der Waals surface area contributed by atoms with Crippen LogP contribution in [0, 0.1) is 20.2 Å². The van der Waals surface area contributed by atoms with Crippen molar-refractivity contribution in [1.29, 1.82) is 0 Å². The van der Waals surface area contributed by atoms with Gasteiger partial charge >= 0.3 is 0 Å². The summed E-state index contributed by atoms with van der Waals surface area (Å²) in [6.45, 7) is 0.311. The van der Waals surface area contributed by atoms with Crippen molar-refractivity contribution < 1.29 is 14.6 Å². The predicted molar refractivity (Wildman–Crippen MR) is 104 cm³/mol. The standard InChI is InChI=1S/C20H15N3O5/c24-22(25)17-9-11-19(12-10-17)28-20(21-14-15-5-2-1-3-6-15)16-7-4-8-18(13-16)23(26)27/h1-13H,14H2. The molecule has 3 aromatic rings. The molecule has 3 rings (SSSR count). The van der Waals surface area contributed by atoms with Crippen molar-refractivity contribution in [2.75, 3.05) is 0 Å². The van der Waals surface area contributed by atoms with E-state index in [1.54, 1.807) is 12.1 Å². The second kappa shape index (κ2) is 8.54. The van der Waals surface area contributed by atoms with Crippen molar-refractivity contribution in [2.45, 2.75) is 6.54 Å². The van der Waals surface area contributed by atoms with Crippen LogP contribution in [0.3, 0.4) is 0 Å². The molecule has 3 aromatic carbocycles. The van der Waals surface area contributed by atoms with Crippen LogP contribution >= 0.6 is 0 Å². The Bertz CT molecular complexity index is 1020. The number of aliphatic imine (C=N–C) groups is 1. The molecule has 0 fully saturated rings. The molecule has 0 amide bonds. The van der Waals surface area contributed by atoms with Gasteiger partial charge in [0.25, 0.3) is 11.4 Å². The first-order valence-corrected chi connectivity index (χ1v) is 8.28. The summed E-state index contributed by atoms with van der Waals surface area (Å²) in [6.07, 6.45) is 0. The lowest BCUT2D eigenvalue weighted by Gasteiger charge is -2.10. The second-order valence-corrected chi connectivity index (χ2v) is 5.77. The molecule has 0 radical (unpaired) electrons. The zero-order chi connectivity index (χ0) is 19.9. The third kappa shape index (κ3) is 4.76. The van der Waals surface area contributed by atoms with Gasteiger partial charge in [-0.1, -0.05) is 36.4 Å². The predicted octanol–water partition coefficient (Wildman–Crippen LogP) is 4.53. The molecule has 0 aliphatic rings. The third-order valence-corrected chi connectivity index (χ3v) is 3.81. The lowest BCUT2D eigenvalue weighted by atomic mass is 10.2. The minimum atomic E-state index is -0.505. The smallest absolute Gasteiger partial charge is 0.270 e. The number of nitrogens with zero attached hydrogens (tertiary/aromatic N) is 3. The molecule has 0 bridgehead atoms. The van der Waals surface area contributed by atoms with Crippen LogP contribution < -0.4 is 4.74 Å². The molecule has 140 valence electrons. The number of hydrogen-bond acceptors (Lipinski definition) is 6. The zero-order valence-corrected chi connectivity index (χ0v) is 14.6. The first kappa shape index (κ1) is 18.7. The average molecular weight is 377 g/mol. The van der Waals surface area contributed by atoms with E-state index in [4.69, 9.17) is 4.74 Å². The number of hydrogen-bond donors (Lipinski definition) is 0. The first-order valence-electron chi connectivity index (χ1n) is 8.28. The van der Waals surface area contributed by atoms with Crippen LogP contribution in [0.2, 0.25) is 0 Å².